The molecule has 0 aromatic heterocycles. The normalized spacial score (nSPS) is 14.2. The molecule has 1 aliphatic heterocycles. The first kappa shape index (κ1) is 15.4. The Morgan fingerprint density at radius 1 is 1.33 bits per heavy atom. The Balaban J connectivity index is 2.33. The van der Waals surface area contributed by atoms with Crippen LogP contribution in [0.2, 0.25) is 0 Å². The Labute approximate surface area is 124 Å². The molecule has 0 atom stereocenters. The maximum Gasteiger partial charge on any atom is 0.415 e. The number of amides is 1. The summed E-state index contributed by atoms with van der Waals surface area (Å²) in [5.41, 5.74) is 0.608. The number of anilines is 1. The van der Waals surface area contributed by atoms with Crippen LogP contribution in [0, 0.1) is 0 Å². The zero-order valence-electron chi connectivity index (χ0n) is 12.9. The number of rotatable bonds is 2. The molecule has 1 aromatic rings. The summed E-state index contributed by atoms with van der Waals surface area (Å²) in [4.78, 5) is 25.6. The molecule has 5 heteroatoms. The number of hydrogen-bond acceptors (Lipinski definition) is 4. The van der Waals surface area contributed by atoms with Gasteiger partial charge in [0.15, 0.2) is 5.78 Å². The Morgan fingerprint density at radius 3 is 2.67 bits per heavy atom. The Bertz CT molecular complexity index is 560. The number of fused-ring (bicyclic) bond motifs is 1. The van der Waals surface area contributed by atoms with Gasteiger partial charge in [0.25, 0.3) is 0 Å². The van der Waals surface area contributed by atoms with Crippen molar-refractivity contribution in [1.82, 2.24) is 0 Å². The molecule has 5 nitrogen and oxygen atoms in total. The van der Waals surface area contributed by atoms with E-state index in [1.54, 1.807) is 18.2 Å². The van der Waals surface area contributed by atoms with E-state index >= 15 is 0 Å². The van der Waals surface area contributed by atoms with E-state index in [-0.39, 0.29) is 5.78 Å². The van der Waals surface area contributed by atoms with Crippen molar-refractivity contribution in [3.05, 3.63) is 23.8 Å². The molecule has 0 saturated carbocycles. The van der Waals surface area contributed by atoms with Gasteiger partial charge in [-0.2, -0.15) is 0 Å². The molecule has 0 saturated heterocycles. The van der Waals surface area contributed by atoms with Crippen LogP contribution >= 0.6 is 0 Å². The Kier molecular flexibility index (Phi) is 4.21. The van der Waals surface area contributed by atoms with Crippen molar-refractivity contribution < 1.29 is 19.1 Å². The number of benzene rings is 1. The number of ketones is 1. The fourth-order valence-electron chi connectivity index (χ4n) is 2.10. The van der Waals surface area contributed by atoms with Gasteiger partial charge in [-0.1, -0.05) is 6.92 Å². The van der Waals surface area contributed by atoms with E-state index < -0.39 is 11.7 Å². The summed E-state index contributed by atoms with van der Waals surface area (Å²) in [6.45, 7) is 8.10. The van der Waals surface area contributed by atoms with E-state index in [9.17, 15) is 9.59 Å². The second-order valence-corrected chi connectivity index (χ2v) is 5.94. The third kappa shape index (κ3) is 3.54. The van der Waals surface area contributed by atoms with Gasteiger partial charge in [-0.15, -0.1) is 0 Å². The van der Waals surface area contributed by atoms with Crippen molar-refractivity contribution in [2.75, 3.05) is 18.1 Å². The van der Waals surface area contributed by atoms with Crippen LogP contribution in [0.4, 0.5) is 10.5 Å². The molecule has 1 aliphatic rings. The van der Waals surface area contributed by atoms with E-state index in [1.807, 2.05) is 27.7 Å². The van der Waals surface area contributed by atoms with Crippen LogP contribution in [0.5, 0.6) is 5.75 Å². The number of nitrogens with zero attached hydrogens (tertiary/aromatic N) is 1. The van der Waals surface area contributed by atoms with Crippen molar-refractivity contribution in [3.8, 4) is 5.75 Å². The van der Waals surface area contributed by atoms with Crippen LogP contribution in [0.25, 0.3) is 0 Å². The average Bonchev–Trinajstić information content (AvgIpc) is 2.43. The molecule has 0 aliphatic carbocycles. The third-order valence-electron chi connectivity index (χ3n) is 3.08. The van der Waals surface area contributed by atoms with Gasteiger partial charge in [0.05, 0.1) is 12.2 Å². The number of ether oxygens (including phenoxy) is 2. The molecule has 21 heavy (non-hydrogen) atoms. The van der Waals surface area contributed by atoms with Crippen molar-refractivity contribution in [2.24, 2.45) is 0 Å². The van der Waals surface area contributed by atoms with Gasteiger partial charge < -0.3 is 9.47 Å². The summed E-state index contributed by atoms with van der Waals surface area (Å²) in [6, 6.07) is 5.16. The molecule has 2 rings (SSSR count). The molecule has 1 heterocycles. The maximum absolute atomic E-state index is 12.3. The smallest absolute Gasteiger partial charge is 0.415 e. The highest BCUT2D eigenvalue weighted by atomic mass is 16.6. The quantitative estimate of drug-likeness (QED) is 0.783. The van der Waals surface area contributed by atoms with Crippen LogP contribution in [0.3, 0.4) is 0 Å². The molecule has 1 aromatic carbocycles. The first-order valence-electron chi connectivity index (χ1n) is 7.12. The number of hydrogen-bond donors (Lipinski definition) is 0. The van der Waals surface area contributed by atoms with Crippen molar-refractivity contribution in [1.29, 1.82) is 0 Å². The number of Topliss-reactive ketones (excluding diaryl/α,β-unsaturated/α-hetero) is 1. The second-order valence-electron chi connectivity index (χ2n) is 5.94. The minimum atomic E-state index is -0.563. The van der Waals surface area contributed by atoms with E-state index in [4.69, 9.17) is 9.47 Å². The largest absolute Gasteiger partial charge is 0.490 e. The van der Waals surface area contributed by atoms with E-state index in [2.05, 4.69) is 0 Å². The molecule has 0 bridgehead atoms. The lowest BCUT2D eigenvalue weighted by atomic mass is 10.1. The maximum atomic E-state index is 12.3. The summed E-state index contributed by atoms with van der Waals surface area (Å²) in [6.07, 6.45) is -0.000312. The molecule has 0 unspecified atom stereocenters. The minimum Gasteiger partial charge on any atom is -0.490 e. The third-order valence-corrected chi connectivity index (χ3v) is 3.08. The van der Waals surface area contributed by atoms with Crippen LogP contribution < -0.4 is 9.64 Å². The predicted molar refractivity (Wildman–Crippen MR) is 80.1 cm³/mol. The Hall–Kier alpha value is -2.04. The van der Waals surface area contributed by atoms with Crippen LogP contribution in [0.15, 0.2) is 18.2 Å². The van der Waals surface area contributed by atoms with Gasteiger partial charge in [-0.05, 0) is 39.0 Å². The van der Waals surface area contributed by atoms with Gasteiger partial charge in [0.2, 0.25) is 0 Å². The minimum absolute atomic E-state index is 0.0347. The predicted octanol–water partition coefficient (Wildman–Crippen LogP) is 3.41. The molecule has 114 valence electrons. The highest BCUT2D eigenvalue weighted by Crippen LogP contribution is 2.33. The second kappa shape index (κ2) is 5.76. The molecule has 1 amide bonds. The summed E-state index contributed by atoms with van der Waals surface area (Å²) in [7, 11) is 0. The van der Waals surface area contributed by atoms with Gasteiger partial charge in [-0.3, -0.25) is 9.69 Å². The van der Waals surface area contributed by atoms with Gasteiger partial charge in [0, 0.05) is 12.0 Å². The summed E-state index contributed by atoms with van der Waals surface area (Å²) >= 11 is 0. The summed E-state index contributed by atoms with van der Waals surface area (Å²) < 4.78 is 10.9. The van der Waals surface area contributed by atoms with Crippen LogP contribution in [0.1, 0.15) is 44.5 Å². The zero-order chi connectivity index (χ0) is 15.6. The average molecular weight is 291 g/mol. The van der Waals surface area contributed by atoms with E-state index in [0.29, 0.717) is 36.6 Å². The first-order valence-corrected chi connectivity index (χ1v) is 7.12. The summed E-state index contributed by atoms with van der Waals surface area (Å²) in [5, 5.41) is 0. The molecule has 0 spiro atoms. The molecule has 0 fully saturated rings. The van der Waals surface area contributed by atoms with Crippen molar-refractivity contribution >= 4 is 17.6 Å². The summed E-state index contributed by atoms with van der Waals surface area (Å²) in [5.74, 6) is 0.632. The van der Waals surface area contributed by atoms with Crippen LogP contribution in [-0.2, 0) is 4.74 Å². The van der Waals surface area contributed by atoms with Crippen LogP contribution in [-0.4, -0.2) is 30.6 Å². The van der Waals surface area contributed by atoms with Crippen molar-refractivity contribution in [3.63, 3.8) is 0 Å². The lowest BCUT2D eigenvalue weighted by molar-refractivity contribution is 0.0567. The first-order chi connectivity index (χ1) is 9.81. The standard InChI is InChI=1S/C16H21NO4/c1-5-13(18)11-6-7-14-12(10-11)17(8-9-20-14)15(19)21-16(2,3)4/h6-7,10H,5,8-9H2,1-4H3. The monoisotopic (exact) mass is 291 g/mol. The SMILES string of the molecule is CCC(=O)c1ccc2c(c1)N(C(=O)OC(C)(C)C)CCO2. The highest BCUT2D eigenvalue weighted by Gasteiger charge is 2.28. The molecule has 0 radical (unpaired) electrons. The molecular weight excluding hydrogens is 270 g/mol. The van der Waals surface area contributed by atoms with Gasteiger partial charge >= 0.3 is 6.09 Å². The van der Waals surface area contributed by atoms with Gasteiger partial charge in [0.1, 0.15) is 18.0 Å². The Morgan fingerprint density at radius 2 is 2.05 bits per heavy atom. The van der Waals surface area contributed by atoms with E-state index in [0.717, 1.165) is 0 Å². The van der Waals surface area contributed by atoms with E-state index in [1.165, 1.54) is 4.90 Å². The fraction of sp³-hybridized carbons (Fsp3) is 0.500. The zero-order valence-corrected chi connectivity index (χ0v) is 12.9. The molecular formula is C16H21NO4. The highest BCUT2D eigenvalue weighted by molar-refractivity contribution is 5.99. The molecule has 0 N–H and O–H groups in total. The van der Waals surface area contributed by atoms with Gasteiger partial charge in [-0.25, -0.2) is 4.79 Å². The lowest BCUT2D eigenvalue weighted by Gasteiger charge is -2.31. The number of carbonyl (C=O) groups excluding carboxylic acids is 2. The topological polar surface area (TPSA) is 55.8 Å². The van der Waals surface area contributed by atoms with Crippen molar-refractivity contribution in [2.45, 2.75) is 39.7 Å². The number of carbonyl (C=O) groups is 2. The lowest BCUT2D eigenvalue weighted by Crippen LogP contribution is -2.41. The fourth-order valence-corrected chi connectivity index (χ4v) is 2.10.